The smallest absolute Gasteiger partial charge is 0.131 e. The Labute approximate surface area is 164 Å². The molecule has 5 nitrogen and oxygen atoms in total. The number of rotatable bonds is 7. The minimum absolute atomic E-state index is 0.00412. The molecule has 2 saturated heterocycles. The maximum Gasteiger partial charge on any atom is 0.131 e. The van der Waals surface area contributed by atoms with Crippen molar-refractivity contribution in [1.29, 1.82) is 0 Å². The van der Waals surface area contributed by atoms with E-state index in [0.29, 0.717) is 13.2 Å². The first kappa shape index (κ1) is 18.0. The second-order valence-electron chi connectivity index (χ2n) is 8.07. The first-order valence-corrected chi connectivity index (χ1v) is 10.00. The average Bonchev–Trinajstić information content (AvgIpc) is 3.59. The standard InChI is InChI=1S/C23H26O5/c1-13-3-4-18-19(5-13)23(28-12-17-10-26-17)21-14(2)6-15(8-24)7-20(21)22(18)27-11-16-9-25-16/h3,6-7,16-17,24H,4-5,8-12H2,1-2H3. The largest absolute Gasteiger partial charge is 0.490 e. The molecule has 0 radical (unpaired) electrons. The molecule has 0 spiro atoms. The fraction of sp³-hybridized carbons (Fsp3) is 0.478. The molecule has 0 bridgehead atoms. The van der Waals surface area contributed by atoms with E-state index in [1.54, 1.807) is 0 Å². The van der Waals surface area contributed by atoms with E-state index in [0.717, 1.165) is 59.5 Å². The second kappa shape index (κ2) is 7.07. The summed E-state index contributed by atoms with van der Waals surface area (Å²) in [5.41, 5.74) is 5.74. The van der Waals surface area contributed by atoms with Gasteiger partial charge in [-0.3, -0.25) is 0 Å². The number of fused-ring (bicyclic) bond motifs is 2. The third kappa shape index (κ3) is 3.39. The lowest BCUT2D eigenvalue weighted by Gasteiger charge is -2.26. The Morgan fingerprint density at radius 2 is 1.68 bits per heavy atom. The van der Waals surface area contributed by atoms with Gasteiger partial charge in [-0.1, -0.05) is 17.7 Å². The molecule has 1 N–H and O–H groups in total. The van der Waals surface area contributed by atoms with E-state index >= 15 is 0 Å². The van der Waals surface area contributed by atoms with Gasteiger partial charge >= 0.3 is 0 Å². The topological polar surface area (TPSA) is 63.8 Å². The van der Waals surface area contributed by atoms with Crippen molar-refractivity contribution in [3.8, 4) is 11.5 Å². The maximum atomic E-state index is 9.75. The molecular formula is C23H26O5. The van der Waals surface area contributed by atoms with Gasteiger partial charge in [-0.25, -0.2) is 0 Å². The van der Waals surface area contributed by atoms with Gasteiger partial charge in [-0.2, -0.15) is 0 Å². The normalized spacial score (nSPS) is 22.6. The highest BCUT2D eigenvalue weighted by Gasteiger charge is 2.30. The zero-order chi connectivity index (χ0) is 19.3. The number of ether oxygens (including phenoxy) is 4. The summed E-state index contributed by atoms with van der Waals surface area (Å²) in [6.07, 6.45) is 4.35. The zero-order valence-corrected chi connectivity index (χ0v) is 16.4. The molecule has 5 heteroatoms. The van der Waals surface area contributed by atoms with Crippen molar-refractivity contribution in [3.05, 3.63) is 46.0 Å². The highest BCUT2D eigenvalue weighted by molar-refractivity contribution is 5.99. The molecular weight excluding hydrogens is 356 g/mol. The number of aryl methyl sites for hydroxylation is 1. The molecule has 0 saturated carbocycles. The molecule has 2 atom stereocenters. The molecule has 2 unspecified atom stereocenters. The van der Waals surface area contributed by atoms with Crippen LogP contribution in [0.5, 0.6) is 11.5 Å². The van der Waals surface area contributed by atoms with Gasteiger partial charge in [0, 0.05) is 21.9 Å². The Balaban J connectivity index is 1.71. The monoisotopic (exact) mass is 382 g/mol. The summed E-state index contributed by atoms with van der Waals surface area (Å²) >= 11 is 0. The van der Waals surface area contributed by atoms with Gasteiger partial charge in [0.25, 0.3) is 0 Å². The van der Waals surface area contributed by atoms with Crippen LogP contribution in [0.3, 0.4) is 0 Å². The van der Waals surface area contributed by atoms with E-state index < -0.39 is 0 Å². The molecule has 0 amide bonds. The van der Waals surface area contributed by atoms with Crippen LogP contribution in [0.25, 0.3) is 10.8 Å². The van der Waals surface area contributed by atoms with Crippen LogP contribution in [-0.4, -0.2) is 43.7 Å². The fourth-order valence-electron chi connectivity index (χ4n) is 4.06. The minimum Gasteiger partial charge on any atom is -0.490 e. The van der Waals surface area contributed by atoms with E-state index in [1.165, 1.54) is 16.7 Å². The number of hydrogen-bond donors (Lipinski definition) is 1. The van der Waals surface area contributed by atoms with Crippen molar-refractivity contribution in [3.63, 3.8) is 0 Å². The predicted molar refractivity (Wildman–Crippen MR) is 106 cm³/mol. The van der Waals surface area contributed by atoms with Crippen LogP contribution in [0.1, 0.15) is 29.2 Å². The molecule has 2 aromatic rings. The summed E-state index contributed by atoms with van der Waals surface area (Å²) in [4.78, 5) is 0. The Morgan fingerprint density at radius 3 is 2.32 bits per heavy atom. The van der Waals surface area contributed by atoms with Crippen molar-refractivity contribution in [2.75, 3.05) is 26.4 Å². The molecule has 28 heavy (non-hydrogen) atoms. The lowest BCUT2D eigenvalue weighted by atomic mass is 9.86. The second-order valence-corrected chi connectivity index (χ2v) is 8.07. The summed E-state index contributed by atoms with van der Waals surface area (Å²) in [6, 6.07) is 4.08. The summed E-state index contributed by atoms with van der Waals surface area (Å²) in [7, 11) is 0. The lowest BCUT2D eigenvalue weighted by Crippen LogP contribution is -2.14. The summed E-state index contributed by atoms with van der Waals surface area (Å²) < 4.78 is 23.4. The van der Waals surface area contributed by atoms with Gasteiger partial charge in [-0.05, 0) is 43.9 Å². The lowest BCUT2D eigenvalue weighted by molar-refractivity contribution is 0.258. The molecule has 0 aromatic heterocycles. The van der Waals surface area contributed by atoms with E-state index in [1.807, 2.05) is 12.1 Å². The average molecular weight is 382 g/mol. The summed E-state index contributed by atoms with van der Waals surface area (Å²) in [6.45, 7) is 6.92. The number of benzene rings is 2. The molecule has 148 valence electrons. The van der Waals surface area contributed by atoms with E-state index in [4.69, 9.17) is 18.9 Å². The predicted octanol–water partition coefficient (Wildman–Crippen LogP) is 3.24. The Hall–Kier alpha value is -2.08. The minimum atomic E-state index is 0.00412. The number of aliphatic hydroxyl groups excluding tert-OH is 1. The quantitative estimate of drug-likeness (QED) is 0.588. The van der Waals surface area contributed by atoms with Crippen LogP contribution in [0.15, 0.2) is 23.8 Å². The van der Waals surface area contributed by atoms with E-state index in [9.17, 15) is 5.11 Å². The van der Waals surface area contributed by atoms with Gasteiger partial charge in [0.1, 0.15) is 36.9 Å². The third-order valence-corrected chi connectivity index (χ3v) is 5.70. The van der Waals surface area contributed by atoms with Crippen LogP contribution in [-0.2, 0) is 28.9 Å². The zero-order valence-electron chi connectivity index (χ0n) is 16.4. The SMILES string of the molecule is CC1=CCc2c(c(OCC3CO3)c3c(C)cc(CO)cc3c2OCC2CO2)C1. The Kier molecular flexibility index (Phi) is 4.54. The Morgan fingerprint density at radius 1 is 1.00 bits per heavy atom. The number of allylic oxidation sites excluding steroid dienone is 2. The van der Waals surface area contributed by atoms with Crippen LogP contribution >= 0.6 is 0 Å². The molecule has 5 rings (SSSR count). The highest BCUT2D eigenvalue weighted by Crippen LogP contribution is 2.46. The first-order chi connectivity index (χ1) is 13.6. The summed E-state index contributed by atoms with van der Waals surface area (Å²) in [5, 5.41) is 11.8. The number of aliphatic hydroxyl groups is 1. The molecule has 1 aliphatic carbocycles. The molecule has 2 heterocycles. The van der Waals surface area contributed by atoms with Crippen molar-refractivity contribution in [1.82, 2.24) is 0 Å². The van der Waals surface area contributed by atoms with Gasteiger partial charge in [0.05, 0.1) is 19.8 Å². The molecule has 2 aliphatic heterocycles. The van der Waals surface area contributed by atoms with Gasteiger partial charge in [0.2, 0.25) is 0 Å². The van der Waals surface area contributed by atoms with Gasteiger partial charge in [-0.15, -0.1) is 0 Å². The van der Waals surface area contributed by atoms with Crippen LogP contribution < -0.4 is 9.47 Å². The van der Waals surface area contributed by atoms with Crippen molar-refractivity contribution in [2.24, 2.45) is 0 Å². The Bertz CT molecular complexity index is 954. The van der Waals surface area contributed by atoms with Crippen LogP contribution in [0.4, 0.5) is 0 Å². The highest BCUT2D eigenvalue weighted by atomic mass is 16.6. The first-order valence-electron chi connectivity index (χ1n) is 10.00. The van der Waals surface area contributed by atoms with Crippen LogP contribution in [0.2, 0.25) is 0 Å². The number of hydrogen-bond acceptors (Lipinski definition) is 5. The van der Waals surface area contributed by atoms with Gasteiger partial charge in [0.15, 0.2) is 0 Å². The van der Waals surface area contributed by atoms with Crippen molar-refractivity contribution < 1.29 is 24.1 Å². The van der Waals surface area contributed by atoms with Gasteiger partial charge < -0.3 is 24.1 Å². The number of epoxide rings is 2. The molecule has 2 aromatic carbocycles. The van der Waals surface area contributed by atoms with Crippen LogP contribution in [0, 0.1) is 6.92 Å². The van der Waals surface area contributed by atoms with E-state index in [2.05, 4.69) is 19.9 Å². The van der Waals surface area contributed by atoms with Crippen molar-refractivity contribution >= 4 is 10.8 Å². The third-order valence-electron chi connectivity index (χ3n) is 5.70. The molecule has 3 aliphatic rings. The van der Waals surface area contributed by atoms with Crippen molar-refractivity contribution in [2.45, 2.75) is 45.5 Å². The molecule has 2 fully saturated rings. The maximum absolute atomic E-state index is 9.75. The summed E-state index contributed by atoms with van der Waals surface area (Å²) in [5.74, 6) is 1.86. The fourth-order valence-corrected chi connectivity index (χ4v) is 4.06. The van der Waals surface area contributed by atoms with E-state index in [-0.39, 0.29) is 18.8 Å².